The molecule has 1 aromatic carbocycles. The first-order valence-corrected chi connectivity index (χ1v) is 10.1. The lowest BCUT2D eigenvalue weighted by molar-refractivity contribution is 0.318. The number of thiophene rings is 1. The van der Waals surface area contributed by atoms with Gasteiger partial charge in [-0.3, -0.25) is 9.36 Å². The summed E-state index contributed by atoms with van der Waals surface area (Å²) in [4.78, 5) is 22.5. The van der Waals surface area contributed by atoms with Crippen LogP contribution in [0.3, 0.4) is 0 Å². The Kier molecular flexibility index (Phi) is 4.16. The van der Waals surface area contributed by atoms with E-state index in [0.717, 1.165) is 35.4 Å². The van der Waals surface area contributed by atoms with Gasteiger partial charge in [0, 0.05) is 23.0 Å². The predicted molar refractivity (Wildman–Crippen MR) is 102 cm³/mol. The van der Waals surface area contributed by atoms with Gasteiger partial charge in [-0.25, -0.2) is 4.98 Å². The van der Waals surface area contributed by atoms with Crippen molar-refractivity contribution < 1.29 is 0 Å². The minimum absolute atomic E-state index is 0.00803. The molecule has 0 radical (unpaired) electrons. The highest BCUT2D eigenvalue weighted by Gasteiger charge is 2.24. The van der Waals surface area contributed by atoms with Crippen molar-refractivity contribution >= 4 is 44.9 Å². The van der Waals surface area contributed by atoms with Crippen molar-refractivity contribution in [2.24, 2.45) is 0 Å². The van der Waals surface area contributed by atoms with Gasteiger partial charge in [0.25, 0.3) is 5.56 Å². The summed E-state index contributed by atoms with van der Waals surface area (Å²) in [6.45, 7) is 1.86. The summed E-state index contributed by atoms with van der Waals surface area (Å²) >= 11 is 9.25. The standard InChI is InChI=1S/C17H16ClN3OS2/c1-20-7-6-12-13(9-20)24-15-14(12)16(22)21(17(19-15)23-2)11-5-3-4-10(18)8-11/h3-5,8H,6-7,9H2,1-2H3. The third-order valence-electron chi connectivity index (χ3n) is 4.28. The summed E-state index contributed by atoms with van der Waals surface area (Å²) in [5.41, 5.74) is 1.95. The third kappa shape index (κ3) is 2.58. The lowest BCUT2D eigenvalue weighted by Crippen LogP contribution is -2.27. The molecule has 0 aliphatic carbocycles. The number of rotatable bonds is 2. The monoisotopic (exact) mass is 377 g/mol. The molecule has 0 atom stereocenters. The van der Waals surface area contributed by atoms with Gasteiger partial charge in [0.15, 0.2) is 5.16 Å². The first kappa shape index (κ1) is 16.1. The van der Waals surface area contributed by atoms with E-state index in [4.69, 9.17) is 16.6 Å². The molecule has 0 saturated carbocycles. The first-order valence-electron chi connectivity index (χ1n) is 7.64. The van der Waals surface area contributed by atoms with E-state index < -0.39 is 0 Å². The number of thioether (sulfide) groups is 1. The van der Waals surface area contributed by atoms with E-state index in [9.17, 15) is 4.79 Å². The van der Waals surface area contributed by atoms with E-state index in [2.05, 4.69) is 11.9 Å². The Morgan fingerprint density at radius 3 is 2.96 bits per heavy atom. The number of nitrogens with zero attached hydrogens (tertiary/aromatic N) is 3. The van der Waals surface area contributed by atoms with Crippen LogP contribution >= 0.6 is 34.7 Å². The van der Waals surface area contributed by atoms with Crippen LogP contribution in [-0.2, 0) is 13.0 Å². The van der Waals surface area contributed by atoms with Crippen LogP contribution in [0.5, 0.6) is 0 Å². The van der Waals surface area contributed by atoms with Crippen LogP contribution in [0.2, 0.25) is 5.02 Å². The highest BCUT2D eigenvalue weighted by Crippen LogP contribution is 2.33. The van der Waals surface area contributed by atoms with Crippen molar-refractivity contribution in [2.45, 2.75) is 18.1 Å². The number of hydrogen-bond acceptors (Lipinski definition) is 5. The van der Waals surface area contributed by atoms with Gasteiger partial charge in [-0.15, -0.1) is 11.3 Å². The second kappa shape index (κ2) is 6.19. The molecular formula is C17H16ClN3OS2. The van der Waals surface area contributed by atoms with Crippen LogP contribution < -0.4 is 5.56 Å². The Morgan fingerprint density at radius 2 is 2.21 bits per heavy atom. The van der Waals surface area contributed by atoms with Gasteiger partial charge in [-0.2, -0.15) is 0 Å². The van der Waals surface area contributed by atoms with E-state index in [0.29, 0.717) is 10.2 Å². The maximum absolute atomic E-state index is 13.3. The number of hydrogen-bond donors (Lipinski definition) is 0. The fourth-order valence-corrected chi connectivity index (χ4v) is 5.22. The van der Waals surface area contributed by atoms with Crippen molar-refractivity contribution in [1.82, 2.24) is 14.5 Å². The molecule has 0 bridgehead atoms. The molecule has 0 N–H and O–H groups in total. The minimum atomic E-state index is 0.00803. The summed E-state index contributed by atoms with van der Waals surface area (Å²) in [5, 5.41) is 2.09. The number of aromatic nitrogens is 2. The van der Waals surface area contributed by atoms with Crippen LogP contribution in [0.25, 0.3) is 15.9 Å². The zero-order chi connectivity index (χ0) is 16.8. The number of halogens is 1. The molecule has 124 valence electrons. The minimum Gasteiger partial charge on any atom is -0.301 e. The molecule has 3 heterocycles. The molecule has 4 nitrogen and oxygen atoms in total. The summed E-state index contributed by atoms with van der Waals surface area (Å²) < 4.78 is 1.68. The normalized spacial score (nSPS) is 15.0. The van der Waals surface area contributed by atoms with Gasteiger partial charge < -0.3 is 4.90 Å². The van der Waals surface area contributed by atoms with Gasteiger partial charge in [0.2, 0.25) is 0 Å². The van der Waals surface area contributed by atoms with Gasteiger partial charge in [-0.05, 0) is 43.5 Å². The SMILES string of the molecule is CSc1nc2sc3c(c2c(=O)n1-c1cccc(Cl)c1)CCN(C)C3. The summed E-state index contributed by atoms with van der Waals surface area (Å²) in [6, 6.07) is 7.37. The van der Waals surface area contributed by atoms with Crippen LogP contribution in [0.4, 0.5) is 0 Å². The third-order valence-corrected chi connectivity index (χ3v) is 6.27. The zero-order valence-electron chi connectivity index (χ0n) is 13.4. The summed E-state index contributed by atoms with van der Waals surface area (Å²) in [6.07, 6.45) is 2.84. The van der Waals surface area contributed by atoms with Crippen LogP contribution in [0.1, 0.15) is 10.4 Å². The molecule has 1 aliphatic heterocycles. The summed E-state index contributed by atoms with van der Waals surface area (Å²) in [7, 11) is 2.11. The number of likely N-dealkylation sites (N-methyl/N-ethyl adjacent to an activating group) is 1. The second-order valence-corrected chi connectivity index (χ2v) is 8.18. The van der Waals surface area contributed by atoms with Crippen molar-refractivity contribution in [3.8, 4) is 5.69 Å². The molecule has 0 fully saturated rings. The molecule has 24 heavy (non-hydrogen) atoms. The van der Waals surface area contributed by atoms with E-state index >= 15 is 0 Å². The molecule has 3 aromatic rings. The molecule has 0 unspecified atom stereocenters. The molecule has 4 rings (SSSR count). The Bertz CT molecular complexity index is 995. The molecule has 7 heteroatoms. The quantitative estimate of drug-likeness (QED) is 0.502. The highest BCUT2D eigenvalue weighted by atomic mass is 35.5. The van der Waals surface area contributed by atoms with Crippen molar-refractivity contribution in [1.29, 1.82) is 0 Å². The molecule has 0 amide bonds. The maximum Gasteiger partial charge on any atom is 0.267 e. The van der Waals surface area contributed by atoms with Crippen molar-refractivity contribution in [3.05, 3.63) is 50.1 Å². The Morgan fingerprint density at radius 1 is 1.38 bits per heavy atom. The highest BCUT2D eigenvalue weighted by molar-refractivity contribution is 7.98. The Labute approximate surface area is 153 Å². The molecule has 1 aliphatic rings. The zero-order valence-corrected chi connectivity index (χ0v) is 15.8. The van der Waals surface area contributed by atoms with E-state index in [1.165, 1.54) is 22.2 Å². The van der Waals surface area contributed by atoms with Gasteiger partial charge in [-0.1, -0.05) is 29.4 Å². The molecule has 0 saturated heterocycles. The Hall–Kier alpha value is -1.34. The maximum atomic E-state index is 13.3. The van der Waals surface area contributed by atoms with Gasteiger partial charge in [0.1, 0.15) is 4.83 Å². The Balaban J connectivity index is 2.03. The molecule has 0 spiro atoms. The fourth-order valence-electron chi connectivity index (χ4n) is 3.13. The lowest BCUT2D eigenvalue weighted by atomic mass is 10.1. The van der Waals surface area contributed by atoms with Crippen LogP contribution in [0, 0.1) is 0 Å². The smallest absolute Gasteiger partial charge is 0.267 e. The van der Waals surface area contributed by atoms with E-state index in [1.54, 1.807) is 15.9 Å². The summed E-state index contributed by atoms with van der Waals surface area (Å²) in [5.74, 6) is 0. The van der Waals surface area contributed by atoms with E-state index in [-0.39, 0.29) is 5.56 Å². The van der Waals surface area contributed by atoms with E-state index in [1.807, 2.05) is 30.5 Å². The van der Waals surface area contributed by atoms with Gasteiger partial charge in [0.05, 0.1) is 11.1 Å². The largest absolute Gasteiger partial charge is 0.301 e. The first-order chi connectivity index (χ1) is 11.6. The number of fused-ring (bicyclic) bond motifs is 3. The molecular weight excluding hydrogens is 362 g/mol. The van der Waals surface area contributed by atoms with Crippen molar-refractivity contribution in [3.63, 3.8) is 0 Å². The van der Waals surface area contributed by atoms with Crippen LogP contribution in [-0.4, -0.2) is 34.3 Å². The number of benzene rings is 1. The average Bonchev–Trinajstić information content (AvgIpc) is 2.91. The van der Waals surface area contributed by atoms with Crippen LogP contribution in [0.15, 0.2) is 34.2 Å². The average molecular weight is 378 g/mol. The second-order valence-electron chi connectivity index (χ2n) is 5.89. The predicted octanol–water partition coefficient (Wildman–Crippen LogP) is 3.81. The molecule has 2 aromatic heterocycles. The van der Waals surface area contributed by atoms with Crippen molar-refractivity contribution in [2.75, 3.05) is 19.8 Å². The topological polar surface area (TPSA) is 38.1 Å². The van der Waals surface area contributed by atoms with Gasteiger partial charge >= 0.3 is 0 Å². The lowest BCUT2D eigenvalue weighted by Gasteiger charge is -2.21. The fraction of sp³-hybridized carbons (Fsp3) is 0.294.